The van der Waals surface area contributed by atoms with Crippen molar-refractivity contribution in [3.05, 3.63) is 101 Å². The summed E-state index contributed by atoms with van der Waals surface area (Å²) in [4.78, 5) is 29.9. The fraction of sp³-hybridized carbons (Fsp3) is 0.412. The average molecular weight is 590 g/mol. The normalized spacial score (nSPS) is 14.6. The van der Waals surface area contributed by atoms with Crippen molar-refractivity contribution in [1.29, 1.82) is 0 Å². The summed E-state index contributed by atoms with van der Waals surface area (Å²) in [5, 5.41) is 3.24. The molecule has 3 aromatic carbocycles. The monoisotopic (exact) mass is 589 g/mol. The number of sulfonamides is 1. The molecule has 0 aliphatic heterocycles. The second-order valence-electron chi connectivity index (χ2n) is 11.3. The van der Waals surface area contributed by atoms with Gasteiger partial charge in [-0.3, -0.25) is 13.9 Å². The largest absolute Gasteiger partial charge is 0.352 e. The van der Waals surface area contributed by atoms with Gasteiger partial charge in [0.15, 0.2) is 0 Å². The molecule has 42 heavy (non-hydrogen) atoms. The van der Waals surface area contributed by atoms with E-state index in [1.165, 1.54) is 0 Å². The van der Waals surface area contributed by atoms with Gasteiger partial charge in [0.2, 0.25) is 21.8 Å². The quantitative estimate of drug-likeness (QED) is 0.306. The highest BCUT2D eigenvalue weighted by molar-refractivity contribution is 7.92. The first kappa shape index (κ1) is 31.3. The van der Waals surface area contributed by atoms with Crippen molar-refractivity contribution >= 4 is 27.5 Å². The Labute approximate surface area is 251 Å². The van der Waals surface area contributed by atoms with Crippen molar-refractivity contribution < 1.29 is 18.0 Å². The van der Waals surface area contributed by atoms with Crippen molar-refractivity contribution in [2.24, 2.45) is 0 Å². The van der Waals surface area contributed by atoms with Gasteiger partial charge in [0.1, 0.15) is 12.6 Å². The van der Waals surface area contributed by atoms with E-state index in [0.717, 1.165) is 71.3 Å². The summed E-state index contributed by atoms with van der Waals surface area (Å²) < 4.78 is 27.1. The van der Waals surface area contributed by atoms with E-state index in [4.69, 9.17) is 0 Å². The Morgan fingerprint density at radius 1 is 0.881 bits per heavy atom. The van der Waals surface area contributed by atoms with Gasteiger partial charge < -0.3 is 10.2 Å². The van der Waals surface area contributed by atoms with Crippen LogP contribution in [-0.2, 0) is 39.0 Å². The Bertz CT molecular complexity index is 1440. The zero-order chi connectivity index (χ0) is 30.1. The van der Waals surface area contributed by atoms with E-state index in [2.05, 4.69) is 5.32 Å². The van der Waals surface area contributed by atoms with Crippen LogP contribution in [0.25, 0.3) is 0 Å². The van der Waals surface area contributed by atoms with E-state index in [9.17, 15) is 18.0 Å². The summed E-state index contributed by atoms with van der Waals surface area (Å²) >= 11 is 0. The van der Waals surface area contributed by atoms with E-state index in [1.807, 2.05) is 80.6 Å². The molecule has 0 heterocycles. The lowest BCUT2D eigenvalue weighted by Gasteiger charge is -2.35. The number of aryl methyl sites for hydroxylation is 2. The van der Waals surface area contributed by atoms with Crippen LogP contribution in [0.2, 0.25) is 0 Å². The smallest absolute Gasteiger partial charge is 0.244 e. The molecule has 0 aromatic heterocycles. The maximum absolute atomic E-state index is 14.3. The van der Waals surface area contributed by atoms with Crippen LogP contribution in [0.5, 0.6) is 0 Å². The molecule has 1 N–H and O–H groups in total. The lowest BCUT2D eigenvalue weighted by atomic mass is 9.94. The predicted octanol–water partition coefficient (Wildman–Crippen LogP) is 5.41. The Kier molecular flexibility index (Phi) is 10.8. The van der Waals surface area contributed by atoms with Crippen LogP contribution in [0.3, 0.4) is 0 Å². The third-order valence-corrected chi connectivity index (χ3v) is 9.28. The molecular weight excluding hydrogens is 546 g/mol. The van der Waals surface area contributed by atoms with Crippen molar-refractivity contribution in [2.45, 2.75) is 77.4 Å². The van der Waals surface area contributed by atoms with E-state index in [1.54, 1.807) is 17.0 Å². The summed E-state index contributed by atoms with van der Waals surface area (Å²) in [7, 11) is -3.79. The summed E-state index contributed by atoms with van der Waals surface area (Å²) in [5.41, 5.74) is 4.33. The lowest BCUT2D eigenvalue weighted by Crippen LogP contribution is -2.55. The Morgan fingerprint density at radius 3 is 2.14 bits per heavy atom. The van der Waals surface area contributed by atoms with Crippen LogP contribution >= 0.6 is 0 Å². The summed E-state index contributed by atoms with van der Waals surface area (Å²) in [6, 6.07) is 23.9. The van der Waals surface area contributed by atoms with Crippen LogP contribution in [-0.4, -0.2) is 50.0 Å². The minimum Gasteiger partial charge on any atom is -0.352 e. The second kappa shape index (κ2) is 14.5. The Balaban J connectivity index is 1.72. The molecule has 4 rings (SSSR count). The SMILES string of the molecule is CCc1ccc(N(CC(=O)N(Cc2ccccc2C)[C@@H](Cc2ccccc2)C(=O)NC2CCCCC2)S(C)(=O)=O)cc1. The fourth-order valence-corrected chi connectivity index (χ4v) is 6.43. The summed E-state index contributed by atoms with van der Waals surface area (Å²) in [6.45, 7) is 3.79. The fourth-order valence-electron chi connectivity index (χ4n) is 5.58. The highest BCUT2D eigenvalue weighted by Gasteiger charge is 2.34. The molecule has 1 saturated carbocycles. The van der Waals surface area contributed by atoms with E-state index in [-0.39, 0.29) is 18.5 Å². The maximum Gasteiger partial charge on any atom is 0.244 e. The number of hydrogen-bond acceptors (Lipinski definition) is 4. The lowest BCUT2D eigenvalue weighted by molar-refractivity contribution is -0.140. The third kappa shape index (κ3) is 8.44. The standard InChI is InChI=1S/C34H43N3O4S/c1-4-27-19-21-31(22-20-27)37(42(3,40)41)25-33(38)36(24-29-16-12-11-13-26(29)2)32(23-28-14-7-5-8-15-28)34(39)35-30-17-9-6-10-18-30/h5,7-8,11-16,19-22,30,32H,4,6,9-10,17-18,23-25H2,1-3H3,(H,35,39)/t32-/m0/s1. The maximum atomic E-state index is 14.3. The van der Waals surface area contributed by atoms with Gasteiger partial charge in [0.05, 0.1) is 11.9 Å². The van der Waals surface area contributed by atoms with Crippen LogP contribution < -0.4 is 9.62 Å². The van der Waals surface area contributed by atoms with Crippen LogP contribution in [0.15, 0.2) is 78.9 Å². The van der Waals surface area contributed by atoms with Gasteiger partial charge in [-0.1, -0.05) is 92.9 Å². The van der Waals surface area contributed by atoms with Crippen molar-refractivity contribution in [2.75, 3.05) is 17.1 Å². The minimum absolute atomic E-state index is 0.0736. The summed E-state index contributed by atoms with van der Waals surface area (Å²) in [6.07, 6.45) is 7.40. The topological polar surface area (TPSA) is 86.8 Å². The number of carbonyl (C=O) groups excluding carboxylic acids is 2. The van der Waals surface area contributed by atoms with Crippen molar-refractivity contribution in [1.82, 2.24) is 10.2 Å². The highest BCUT2D eigenvalue weighted by Crippen LogP contribution is 2.23. The van der Waals surface area contributed by atoms with Gasteiger partial charge in [-0.15, -0.1) is 0 Å². The number of benzene rings is 3. The van der Waals surface area contributed by atoms with Gasteiger partial charge in [-0.25, -0.2) is 8.42 Å². The van der Waals surface area contributed by atoms with E-state index in [0.29, 0.717) is 12.1 Å². The van der Waals surface area contributed by atoms with Crippen LogP contribution in [0, 0.1) is 6.92 Å². The number of amides is 2. The summed E-state index contributed by atoms with van der Waals surface area (Å²) in [5.74, 6) is -0.631. The number of anilines is 1. The first-order valence-electron chi connectivity index (χ1n) is 14.9. The van der Waals surface area contributed by atoms with Gasteiger partial charge in [-0.2, -0.15) is 0 Å². The molecule has 1 atom stereocenters. The van der Waals surface area contributed by atoms with E-state index < -0.39 is 28.5 Å². The molecule has 0 radical (unpaired) electrons. The molecule has 2 amide bonds. The van der Waals surface area contributed by atoms with E-state index >= 15 is 0 Å². The predicted molar refractivity (Wildman–Crippen MR) is 169 cm³/mol. The number of carbonyl (C=O) groups is 2. The molecule has 0 saturated heterocycles. The first-order chi connectivity index (χ1) is 20.2. The Morgan fingerprint density at radius 2 is 1.52 bits per heavy atom. The third-order valence-electron chi connectivity index (χ3n) is 8.14. The number of hydrogen-bond donors (Lipinski definition) is 1. The number of rotatable bonds is 12. The van der Waals surface area contributed by atoms with Gasteiger partial charge >= 0.3 is 0 Å². The zero-order valence-electron chi connectivity index (χ0n) is 25.0. The zero-order valence-corrected chi connectivity index (χ0v) is 25.8. The second-order valence-corrected chi connectivity index (χ2v) is 13.2. The van der Waals surface area contributed by atoms with Crippen molar-refractivity contribution in [3.63, 3.8) is 0 Å². The number of nitrogens with one attached hydrogen (secondary N) is 1. The highest BCUT2D eigenvalue weighted by atomic mass is 32.2. The molecule has 0 bridgehead atoms. The van der Waals surface area contributed by atoms with Gasteiger partial charge in [0, 0.05) is 19.0 Å². The number of nitrogens with zero attached hydrogens (tertiary/aromatic N) is 2. The molecule has 8 heteroatoms. The molecule has 3 aromatic rings. The molecule has 1 aliphatic rings. The molecule has 0 unspecified atom stereocenters. The molecular formula is C34H43N3O4S. The van der Waals surface area contributed by atoms with Crippen LogP contribution in [0.4, 0.5) is 5.69 Å². The van der Waals surface area contributed by atoms with Crippen LogP contribution in [0.1, 0.15) is 61.3 Å². The Hall–Kier alpha value is -3.65. The molecule has 224 valence electrons. The van der Waals surface area contributed by atoms with Gasteiger partial charge in [-0.05, 0) is 60.6 Å². The van der Waals surface area contributed by atoms with Gasteiger partial charge in [0.25, 0.3) is 0 Å². The molecule has 0 spiro atoms. The molecule has 7 nitrogen and oxygen atoms in total. The first-order valence-corrected chi connectivity index (χ1v) is 16.8. The van der Waals surface area contributed by atoms with Crippen molar-refractivity contribution in [3.8, 4) is 0 Å². The molecule has 1 fully saturated rings. The minimum atomic E-state index is -3.79. The molecule has 1 aliphatic carbocycles. The average Bonchev–Trinajstić information content (AvgIpc) is 2.99.